The zero-order chi connectivity index (χ0) is 21.7. The number of fused-ring (bicyclic) bond motifs is 1. The summed E-state index contributed by atoms with van der Waals surface area (Å²) in [4.78, 5) is 22.4. The van der Waals surface area contributed by atoms with Gasteiger partial charge in [0.25, 0.3) is 0 Å². The molecule has 0 radical (unpaired) electrons. The molecule has 30 heavy (non-hydrogen) atoms. The highest BCUT2D eigenvalue weighted by Gasteiger charge is 2.25. The predicted octanol–water partition coefficient (Wildman–Crippen LogP) is 4.91. The van der Waals surface area contributed by atoms with E-state index in [1.165, 1.54) is 24.6 Å². The molecular weight excluding hydrogens is 445 g/mol. The minimum atomic E-state index is -2.88. The smallest absolute Gasteiger partial charge is 0.232 e. The summed E-state index contributed by atoms with van der Waals surface area (Å²) >= 11 is 7.57. The second kappa shape index (κ2) is 10.1. The number of carbonyl (C=O) groups excluding carboxylic acids is 1. The van der Waals surface area contributed by atoms with E-state index in [1.807, 2.05) is 23.6 Å². The first-order valence-electron chi connectivity index (χ1n) is 9.01. The highest BCUT2D eigenvalue weighted by Crippen LogP contribution is 2.37. The molecule has 0 saturated carbocycles. The van der Waals surface area contributed by atoms with Crippen molar-refractivity contribution in [2.75, 3.05) is 20.4 Å². The summed E-state index contributed by atoms with van der Waals surface area (Å²) in [5, 5.41) is 5.91. The molecule has 158 valence electrons. The lowest BCUT2D eigenvalue weighted by molar-refractivity contribution is -0.121. The predicted molar refractivity (Wildman–Crippen MR) is 122 cm³/mol. The van der Waals surface area contributed by atoms with E-state index in [2.05, 4.69) is 5.32 Å². The molecule has 2 N–H and O–H groups in total. The Labute approximate surface area is 184 Å². The number of nitrogens with one attached hydrogen (secondary N) is 1. The first kappa shape index (κ1) is 22.4. The van der Waals surface area contributed by atoms with E-state index >= 15 is 0 Å². The van der Waals surface area contributed by atoms with Crippen LogP contribution in [0.3, 0.4) is 0 Å². The Morgan fingerprint density at radius 3 is 2.80 bits per heavy atom. The average Bonchev–Trinajstić information content (AvgIpc) is 3.14. The second-order valence-electron chi connectivity index (χ2n) is 6.41. The molecule has 2 aromatic carbocycles. The van der Waals surface area contributed by atoms with Gasteiger partial charge in [-0.25, -0.2) is 0 Å². The topological polar surface area (TPSA) is 84.9 Å². The zero-order valence-corrected chi connectivity index (χ0v) is 18.9. The van der Waals surface area contributed by atoms with Crippen LogP contribution in [0.2, 0.25) is 5.02 Å². The highest BCUT2D eigenvalue weighted by molar-refractivity contribution is 7.38. The molecule has 2 atom stereocenters. The number of rotatable bonds is 8. The lowest BCUT2D eigenvalue weighted by atomic mass is 9.99. The zero-order valence-electron chi connectivity index (χ0n) is 16.3. The maximum Gasteiger partial charge on any atom is 0.232 e. The summed E-state index contributed by atoms with van der Waals surface area (Å²) in [5.41, 5.74) is 1.41. The van der Waals surface area contributed by atoms with Crippen molar-refractivity contribution in [2.45, 2.75) is 5.92 Å². The molecule has 1 heterocycles. The first-order valence-corrected chi connectivity index (χ1v) is 11.8. The maximum absolute atomic E-state index is 12.9. The van der Waals surface area contributed by atoms with E-state index in [9.17, 15) is 14.3 Å². The summed E-state index contributed by atoms with van der Waals surface area (Å²) < 4.78 is 23.2. The number of carbonyl (C=O) groups is 1. The Balaban J connectivity index is 1.86. The van der Waals surface area contributed by atoms with Gasteiger partial charge in [0.15, 0.2) is 19.5 Å². The van der Waals surface area contributed by atoms with Crippen LogP contribution in [0.25, 0.3) is 16.2 Å². The maximum atomic E-state index is 12.9. The van der Waals surface area contributed by atoms with Crippen LogP contribution in [0.1, 0.15) is 17.0 Å². The molecule has 1 amide bonds. The number of halogens is 1. The third-order valence-electron chi connectivity index (χ3n) is 4.56. The normalized spacial score (nSPS) is 13.3. The number of methoxy groups -OCH3 is 2. The van der Waals surface area contributed by atoms with Crippen molar-refractivity contribution >= 4 is 53.0 Å². The first-order chi connectivity index (χ1) is 14.4. The second-order valence-corrected chi connectivity index (χ2v) is 8.95. The van der Waals surface area contributed by atoms with Crippen molar-refractivity contribution in [2.24, 2.45) is 0 Å². The van der Waals surface area contributed by atoms with Crippen molar-refractivity contribution < 1.29 is 23.7 Å². The Bertz CT molecular complexity index is 1110. The van der Waals surface area contributed by atoms with Crippen LogP contribution in [0.4, 0.5) is 0 Å². The number of thiophene rings is 1. The van der Waals surface area contributed by atoms with Crippen LogP contribution in [0.15, 0.2) is 48.0 Å². The van der Waals surface area contributed by atoms with Crippen LogP contribution in [0, 0.1) is 0 Å². The van der Waals surface area contributed by atoms with E-state index in [0.717, 1.165) is 15.6 Å². The van der Waals surface area contributed by atoms with Gasteiger partial charge in [-0.1, -0.05) is 23.7 Å². The molecule has 3 rings (SSSR count). The van der Waals surface area contributed by atoms with E-state index in [0.29, 0.717) is 22.1 Å². The van der Waals surface area contributed by atoms with Crippen LogP contribution in [-0.2, 0) is 9.36 Å². The third-order valence-corrected chi connectivity index (χ3v) is 6.53. The fourth-order valence-corrected chi connectivity index (χ4v) is 5.09. The van der Waals surface area contributed by atoms with E-state index in [-0.39, 0.29) is 12.1 Å². The summed E-state index contributed by atoms with van der Waals surface area (Å²) in [6.45, 7) is 0. The van der Waals surface area contributed by atoms with Gasteiger partial charge < -0.3 is 19.7 Å². The minimum Gasteiger partial charge on any atom is -0.493 e. The van der Waals surface area contributed by atoms with Gasteiger partial charge in [0.05, 0.1) is 20.1 Å². The molecule has 6 nitrogen and oxygen atoms in total. The van der Waals surface area contributed by atoms with Gasteiger partial charge in [-0.15, -0.1) is 11.3 Å². The van der Waals surface area contributed by atoms with Crippen molar-refractivity contribution in [1.82, 2.24) is 5.32 Å². The van der Waals surface area contributed by atoms with Gasteiger partial charge in [0.1, 0.15) is 0 Å². The molecule has 0 spiro atoms. The van der Waals surface area contributed by atoms with Gasteiger partial charge in [-0.2, -0.15) is 0 Å². The summed E-state index contributed by atoms with van der Waals surface area (Å²) in [6, 6.07) is 10.8. The molecular formula is C21H21ClNO5PS. The summed E-state index contributed by atoms with van der Waals surface area (Å²) in [7, 11) is 0.209. The number of hydrogen-bond acceptors (Lipinski definition) is 5. The molecule has 0 aliphatic heterocycles. The van der Waals surface area contributed by atoms with Gasteiger partial charge in [-0.3, -0.25) is 9.36 Å². The summed E-state index contributed by atoms with van der Waals surface area (Å²) in [6.07, 6.45) is 3.02. The van der Waals surface area contributed by atoms with Crippen LogP contribution in [0.5, 0.6) is 11.5 Å². The van der Waals surface area contributed by atoms with Gasteiger partial charge in [0, 0.05) is 27.6 Å². The molecule has 0 aliphatic rings. The monoisotopic (exact) mass is 465 g/mol. The van der Waals surface area contributed by atoms with Crippen molar-refractivity contribution in [3.8, 4) is 11.5 Å². The van der Waals surface area contributed by atoms with Gasteiger partial charge in [-0.05, 0) is 46.7 Å². The van der Waals surface area contributed by atoms with Crippen LogP contribution >= 0.6 is 31.0 Å². The van der Waals surface area contributed by atoms with E-state index in [1.54, 1.807) is 31.4 Å². The van der Waals surface area contributed by atoms with Crippen LogP contribution in [-0.4, -0.2) is 31.2 Å². The highest BCUT2D eigenvalue weighted by atomic mass is 35.5. The SMILES string of the molecule is COc1cccc(/C=C/NC(=O)C(C[PH](=O)O)c2csc3ccc(Cl)cc23)c1OC. The number of para-hydroxylation sites is 1. The lowest BCUT2D eigenvalue weighted by Crippen LogP contribution is -2.26. The Morgan fingerprint density at radius 2 is 2.10 bits per heavy atom. The molecule has 3 aromatic rings. The third kappa shape index (κ3) is 5.05. The Morgan fingerprint density at radius 1 is 1.30 bits per heavy atom. The summed E-state index contributed by atoms with van der Waals surface area (Å²) in [5.74, 6) is -0.0315. The number of ether oxygens (including phenoxy) is 2. The molecule has 0 bridgehead atoms. The van der Waals surface area contributed by atoms with Crippen molar-refractivity contribution in [3.05, 3.63) is 64.1 Å². The van der Waals surface area contributed by atoms with Crippen molar-refractivity contribution in [3.63, 3.8) is 0 Å². The Kier molecular flexibility index (Phi) is 7.56. The minimum absolute atomic E-state index is 0.148. The average molecular weight is 466 g/mol. The molecule has 9 heteroatoms. The number of hydrogen-bond donors (Lipinski definition) is 2. The fourth-order valence-electron chi connectivity index (χ4n) is 3.17. The largest absolute Gasteiger partial charge is 0.493 e. The van der Waals surface area contributed by atoms with E-state index in [4.69, 9.17) is 21.1 Å². The molecule has 0 saturated heterocycles. The van der Waals surface area contributed by atoms with Gasteiger partial charge in [0.2, 0.25) is 5.91 Å². The number of benzene rings is 2. The van der Waals surface area contributed by atoms with E-state index < -0.39 is 13.9 Å². The molecule has 0 fully saturated rings. The standard InChI is InChI=1S/C21H21ClNO5PS/c1-27-18-5-3-4-13(20(18)28-2)8-9-23-21(24)16(11-29(25)26)17-12-30-19-7-6-14(22)10-15(17)19/h3-10,12,16,29H,11H2,1-2H3,(H,23,24)(H,25,26)/b9-8+. The lowest BCUT2D eigenvalue weighted by Gasteiger charge is -2.14. The number of amides is 1. The molecule has 1 aromatic heterocycles. The Hall–Kier alpha value is -2.31. The quantitative estimate of drug-likeness (QED) is 0.462. The van der Waals surface area contributed by atoms with Gasteiger partial charge >= 0.3 is 0 Å². The molecule has 0 aliphatic carbocycles. The fraction of sp³-hybridized carbons (Fsp3) is 0.190. The molecule has 2 unspecified atom stereocenters. The van der Waals surface area contributed by atoms with Crippen molar-refractivity contribution in [1.29, 1.82) is 0 Å². The van der Waals surface area contributed by atoms with Crippen LogP contribution < -0.4 is 14.8 Å².